The van der Waals surface area contributed by atoms with Gasteiger partial charge in [0, 0.05) is 12.6 Å². The molecule has 2 aliphatic rings. The summed E-state index contributed by atoms with van der Waals surface area (Å²) >= 11 is 0. The Morgan fingerprint density at radius 2 is 1.93 bits per heavy atom. The first-order valence-electron chi connectivity index (χ1n) is 5.81. The summed E-state index contributed by atoms with van der Waals surface area (Å²) in [5, 5.41) is 6.40. The second-order valence-electron chi connectivity index (χ2n) is 4.69. The van der Waals surface area contributed by atoms with Crippen molar-refractivity contribution < 1.29 is 4.79 Å². The maximum Gasteiger partial charge on any atom is 0.237 e. The minimum absolute atomic E-state index is 0.0894. The first-order chi connectivity index (χ1) is 6.77. The van der Waals surface area contributed by atoms with Gasteiger partial charge in [-0.3, -0.25) is 4.79 Å². The van der Waals surface area contributed by atoms with E-state index in [1.807, 2.05) is 6.92 Å². The highest BCUT2D eigenvalue weighted by molar-refractivity contribution is 5.83. The Balaban J connectivity index is 1.92. The number of hydrogen-bond donors (Lipinski definition) is 2. The maximum atomic E-state index is 11.7. The molecule has 0 aromatic carbocycles. The molecule has 2 atom stereocenters. The summed E-state index contributed by atoms with van der Waals surface area (Å²) in [6.45, 7) is 2.97. The Bertz CT molecular complexity index is 211. The summed E-state index contributed by atoms with van der Waals surface area (Å²) in [4.78, 5) is 11.7. The van der Waals surface area contributed by atoms with Crippen LogP contribution in [0.4, 0.5) is 0 Å². The quantitative estimate of drug-likeness (QED) is 0.658. The molecule has 3 heteroatoms. The second kappa shape index (κ2) is 4.30. The Kier molecular flexibility index (Phi) is 3.06. The molecule has 2 N–H and O–H groups in total. The van der Waals surface area contributed by atoms with E-state index in [2.05, 4.69) is 10.6 Å². The summed E-state index contributed by atoms with van der Waals surface area (Å²) in [6.07, 6.45) is 6.39. The predicted octanol–water partition coefficient (Wildman–Crippen LogP) is 1.04. The molecule has 2 rings (SSSR count). The largest absolute Gasteiger partial charge is 0.351 e. The molecule has 1 amide bonds. The summed E-state index contributed by atoms with van der Waals surface area (Å²) < 4.78 is 0. The molecule has 1 aliphatic carbocycles. The molecule has 1 heterocycles. The van der Waals surface area contributed by atoms with Crippen molar-refractivity contribution in [3.63, 3.8) is 0 Å². The van der Waals surface area contributed by atoms with E-state index in [9.17, 15) is 4.79 Å². The van der Waals surface area contributed by atoms with E-state index in [1.54, 1.807) is 0 Å². The van der Waals surface area contributed by atoms with Crippen molar-refractivity contribution in [1.29, 1.82) is 0 Å². The van der Waals surface area contributed by atoms with E-state index in [0.717, 1.165) is 6.54 Å². The van der Waals surface area contributed by atoms with Gasteiger partial charge in [0.1, 0.15) is 0 Å². The van der Waals surface area contributed by atoms with Crippen molar-refractivity contribution in [2.45, 2.75) is 51.1 Å². The molecule has 0 aromatic rings. The van der Waals surface area contributed by atoms with Crippen LogP contribution in [0, 0.1) is 5.92 Å². The van der Waals surface area contributed by atoms with Crippen molar-refractivity contribution in [2.24, 2.45) is 5.92 Å². The van der Waals surface area contributed by atoms with Crippen LogP contribution in [0.3, 0.4) is 0 Å². The normalized spacial score (nSPS) is 35.4. The van der Waals surface area contributed by atoms with Gasteiger partial charge in [0.15, 0.2) is 0 Å². The van der Waals surface area contributed by atoms with Crippen LogP contribution in [-0.4, -0.2) is 24.5 Å². The van der Waals surface area contributed by atoms with Gasteiger partial charge in [-0.15, -0.1) is 0 Å². The lowest BCUT2D eigenvalue weighted by Crippen LogP contribution is -2.59. The van der Waals surface area contributed by atoms with Gasteiger partial charge < -0.3 is 10.6 Å². The van der Waals surface area contributed by atoms with Crippen LogP contribution in [0.5, 0.6) is 0 Å². The van der Waals surface area contributed by atoms with Crippen LogP contribution in [0.1, 0.15) is 39.0 Å². The summed E-state index contributed by atoms with van der Waals surface area (Å²) in [5.41, 5.74) is 0. The van der Waals surface area contributed by atoms with E-state index < -0.39 is 0 Å². The van der Waals surface area contributed by atoms with Crippen LogP contribution in [0.15, 0.2) is 0 Å². The number of carbonyl (C=O) groups is 1. The summed E-state index contributed by atoms with van der Waals surface area (Å²) in [5.74, 6) is 0.798. The topological polar surface area (TPSA) is 41.1 Å². The van der Waals surface area contributed by atoms with Crippen molar-refractivity contribution in [3.05, 3.63) is 0 Å². The van der Waals surface area contributed by atoms with Gasteiger partial charge in [0.25, 0.3) is 0 Å². The van der Waals surface area contributed by atoms with Gasteiger partial charge in [-0.1, -0.05) is 19.3 Å². The third-order valence-corrected chi connectivity index (χ3v) is 3.44. The highest BCUT2D eigenvalue weighted by atomic mass is 16.2. The van der Waals surface area contributed by atoms with E-state index in [1.165, 1.54) is 32.1 Å². The van der Waals surface area contributed by atoms with Gasteiger partial charge in [-0.05, 0) is 25.7 Å². The zero-order chi connectivity index (χ0) is 9.97. The van der Waals surface area contributed by atoms with Gasteiger partial charge >= 0.3 is 0 Å². The molecular weight excluding hydrogens is 176 g/mol. The molecule has 1 saturated heterocycles. The molecule has 0 bridgehead atoms. The van der Waals surface area contributed by atoms with Crippen LogP contribution in [-0.2, 0) is 4.79 Å². The first-order valence-corrected chi connectivity index (χ1v) is 5.81. The highest BCUT2D eigenvalue weighted by Gasteiger charge is 2.32. The monoisotopic (exact) mass is 196 g/mol. The number of piperazine rings is 1. The molecule has 1 aliphatic heterocycles. The van der Waals surface area contributed by atoms with Gasteiger partial charge in [-0.2, -0.15) is 0 Å². The number of nitrogens with one attached hydrogen (secondary N) is 2. The Morgan fingerprint density at radius 1 is 1.21 bits per heavy atom. The molecule has 80 valence electrons. The Morgan fingerprint density at radius 3 is 2.57 bits per heavy atom. The third kappa shape index (κ3) is 2.08. The fourth-order valence-corrected chi connectivity index (χ4v) is 2.63. The molecule has 3 nitrogen and oxygen atoms in total. The van der Waals surface area contributed by atoms with Crippen LogP contribution < -0.4 is 10.6 Å². The maximum absolute atomic E-state index is 11.7. The second-order valence-corrected chi connectivity index (χ2v) is 4.69. The van der Waals surface area contributed by atoms with Crippen molar-refractivity contribution in [3.8, 4) is 0 Å². The predicted molar refractivity (Wildman–Crippen MR) is 56.0 cm³/mol. The van der Waals surface area contributed by atoms with Gasteiger partial charge in [0.2, 0.25) is 5.91 Å². The zero-order valence-electron chi connectivity index (χ0n) is 8.88. The SMILES string of the molecule is C[C@H]1CN[C@@H](C2CCCCC2)C(=O)N1. The van der Waals surface area contributed by atoms with Crippen molar-refractivity contribution in [2.75, 3.05) is 6.54 Å². The van der Waals surface area contributed by atoms with Crippen LogP contribution >= 0.6 is 0 Å². The van der Waals surface area contributed by atoms with E-state index >= 15 is 0 Å². The Labute approximate surface area is 85.6 Å². The van der Waals surface area contributed by atoms with Crippen LogP contribution in [0.25, 0.3) is 0 Å². The zero-order valence-corrected chi connectivity index (χ0v) is 8.88. The third-order valence-electron chi connectivity index (χ3n) is 3.44. The molecule has 0 spiro atoms. The van der Waals surface area contributed by atoms with E-state index in [4.69, 9.17) is 0 Å². The average Bonchev–Trinajstić information content (AvgIpc) is 2.19. The lowest BCUT2D eigenvalue weighted by molar-refractivity contribution is -0.127. The van der Waals surface area contributed by atoms with E-state index in [0.29, 0.717) is 12.0 Å². The van der Waals surface area contributed by atoms with Crippen molar-refractivity contribution >= 4 is 5.91 Å². The number of hydrogen-bond acceptors (Lipinski definition) is 2. The fraction of sp³-hybridized carbons (Fsp3) is 0.909. The minimum Gasteiger partial charge on any atom is -0.351 e. The van der Waals surface area contributed by atoms with Gasteiger partial charge in [-0.25, -0.2) is 0 Å². The number of carbonyl (C=O) groups excluding carboxylic acids is 1. The molecule has 0 radical (unpaired) electrons. The number of amides is 1. The van der Waals surface area contributed by atoms with E-state index in [-0.39, 0.29) is 11.9 Å². The molecule has 2 fully saturated rings. The number of rotatable bonds is 1. The highest BCUT2D eigenvalue weighted by Crippen LogP contribution is 2.27. The lowest BCUT2D eigenvalue weighted by atomic mass is 9.83. The summed E-state index contributed by atoms with van der Waals surface area (Å²) in [6, 6.07) is 0.383. The molecule has 0 aromatic heterocycles. The minimum atomic E-state index is 0.0894. The van der Waals surface area contributed by atoms with Crippen LogP contribution in [0.2, 0.25) is 0 Å². The Hall–Kier alpha value is -0.570. The summed E-state index contributed by atoms with van der Waals surface area (Å²) in [7, 11) is 0. The molecule has 0 unspecified atom stereocenters. The fourth-order valence-electron chi connectivity index (χ4n) is 2.63. The van der Waals surface area contributed by atoms with Crippen molar-refractivity contribution in [1.82, 2.24) is 10.6 Å². The lowest BCUT2D eigenvalue weighted by Gasteiger charge is -2.35. The first kappa shape index (κ1) is 9.97. The standard InChI is InChI=1S/C11H20N2O/c1-8-7-12-10(11(14)13-8)9-5-3-2-4-6-9/h8-10,12H,2-7H2,1H3,(H,13,14)/t8-,10-/m0/s1. The molecular formula is C11H20N2O. The van der Waals surface area contributed by atoms with Gasteiger partial charge in [0.05, 0.1) is 6.04 Å². The smallest absolute Gasteiger partial charge is 0.237 e. The molecule has 1 saturated carbocycles. The average molecular weight is 196 g/mol. The molecule has 14 heavy (non-hydrogen) atoms.